The molecule has 1 aliphatic rings. The van der Waals surface area contributed by atoms with Crippen LogP contribution in [0.25, 0.3) is 0 Å². The Bertz CT molecular complexity index is 1260. The topological polar surface area (TPSA) is 149 Å². The molecule has 9 nitrogen and oxygen atoms in total. The van der Waals surface area contributed by atoms with Gasteiger partial charge in [-0.3, -0.25) is 4.79 Å². The van der Waals surface area contributed by atoms with E-state index in [0.717, 1.165) is 96.3 Å². The molecular weight excluding hydrogens is 731 g/mol. The molecule has 1 rings (SSSR count). The predicted molar refractivity (Wildman–Crippen MR) is 239 cm³/mol. The molecule has 0 aromatic rings. The molecule has 0 radical (unpaired) electrons. The van der Waals surface area contributed by atoms with Gasteiger partial charge in [0.1, 0.15) is 24.4 Å². The number of nitrogens with one attached hydrogen (secondary N) is 1. The number of rotatable bonds is 34. The van der Waals surface area contributed by atoms with Crippen LogP contribution in [-0.2, 0) is 14.3 Å². The van der Waals surface area contributed by atoms with Gasteiger partial charge in [-0.05, 0) is 77.0 Å². The molecule has 6 N–H and O–H groups in total. The molecule has 1 fully saturated rings. The van der Waals surface area contributed by atoms with E-state index in [9.17, 15) is 30.3 Å². The second kappa shape index (κ2) is 38.1. The van der Waals surface area contributed by atoms with Crippen LogP contribution in [-0.4, -0.2) is 87.5 Å². The van der Waals surface area contributed by atoms with Gasteiger partial charge in [-0.25, -0.2) is 0 Å². The molecule has 9 heteroatoms. The summed E-state index contributed by atoms with van der Waals surface area (Å²) in [4.78, 5) is 12.8. The maximum atomic E-state index is 12.8. The van der Waals surface area contributed by atoms with Crippen molar-refractivity contribution >= 4 is 5.91 Å². The van der Waals surface area contributed by atoms with Crippen LogP contribution in [0.1, 0.15) is 136 Å². The first-order chi connectivity index (χ1) is 28.3. The fraction of sp³-hybridized carbons (Fsp3) is 0.612. The average Bonchev–Trinajstić information content (AvgIpc) is 3.22. The first-order valence-corrected chi connectivity index (χ1v) is 22.1. The Morgan fingerprint density at radius 1 is 0.603 bits per heavy atom. The second-order valence-corrected chi connectivity index (χ2v) is 14.8. The maximum Gasteiger partial charge on any atom is 0.220 e. The van der Waals surface area contributed by atoms with Crippen molar-refractivity contribution in [1.82, 2.24) is 5.32 Å². The van der Waals surface area contributed by atoms with Crippen LogP contribution in [0.3, 0.4) is 0 Å². The second-order valence-electron chi connectivity index (χ2n) is 14.8. The Hall–Kier alpha value is -3.15. The number of carbonyl (C=O) groups excluding carboxylic acids is 1. The van der Waals surface area contributed by atoms with E-state index >= 15 is 0 Å². The molecule has 0 spiro atoms. The Kier molecular flexibility index (Phi) is 34.7. The highest BCUT2D eigenvalue weighted by Crippen LogP contribution is 2.22. The van der Waals surface area contributed by atoms with Crippen LogP contribution in [0.5, 0.6) is 0 Å². The Morgan fingerprint density at radius 2 is 1.05 bits per heavy atom. The largest absolute Gasteiger partial charge is 0.394 e. The first-order valence-electron chi connectivity index (χ1n) is 22.1. The predicted octanol–water partition coefficient (Wildman–Crippen LogP) is 9.11. The summed E-state index contributed by atoms with van der Waals surface area (Å²) in [5.41, 5.74) is 0. The molecule has 1 aliphatic heterocycles. The molecule has 0 aliphatic carbocycles. The normalized spacial score (nSPS) is 21.9. The summed E-state index contributed by atoms with van der Waals surface area (Å²) in [5, 5.41) is 53.8. The van der Waals surface area contributed by atoms with E-state index in [1.54, 1.807) is 0 Å². The lowest BCUT2D eigenvalue weighted by molar-refractivity contribution is -0.302. The summed E-state index contributed by atoms with van der Waals surface area (Å²) in [6.07, 6.45) is 48.6. The van der Waals surface area contributed by atoms with Gasteiger partial charge in [-0.15, -0.1) is 0 Å². The van der Waals surface area contributed by atoms with Crippen LogP contribution in [0, 0.1) is 0 Å². The molecule has 0 saturated carbocycles. The number of carbonyl (C=O) groups is 1. The lowest BCUT2D eigenvalue weighted by Gasteiger charge is -2.40. The van der Waals surface area contributed by atoms with Gasteiger partial charge in [0, 0.05) is 6.42 Å². The molecule has 0 bridgehead atoms. The molecule has 1 amide bonds. The third-order valence-corrected chi connectivity index (χ3v) is 9.64. The lowest BCUT2D eigenvalue weighted by atomic mass is 9.99. The summed E-state index contributed by atoms with van der Waals surface area (Å²) < 4.78 is 11.1. The van der Waals surface area contributed by atoms with Gasteiger partial charge >= 0.3 is 0 Å². The minimum Gasteiger partial charge on any atom is -0.394 e. The summed E-state index contributed by atoms with van der Waals surface area (Å²) in [6.45, 7) is 3.58. The van der Waals surface area contributed by atoms with E-state index in [0.29, 0.717) is 12.8 Å². The molecule has 1 heterocycles. The van der Waals surface area contributed by atoms with Crippen LogP contribution in [0.4, 0.5) is 0 Å². The van der Waals surface area contributed by atoms with Crippen molar-refractivity contribution in [3.8, 4) is 0 Å². The molecule has 7 atom stereocenters. The Morgan fingerprint density at radius 3 is 1.52 bits per heavy atom. The lowest BCUT2D eigenvalue weighted by Crippen LogP contribution is -2.60. The molecule has 0 aromatic heterocycles. The number of hydrogen-bond donors (Lipinski definition) is 6. The van der Waals surface area contributed by atoms with Crippen LogP contribution in [0.15, 0.2) is 109 Å². The van der Waals surface area contributed by atoms with E-state index in [-0.39, 0.29) is 18.9 Å². The fourth-order valence-electron chi connectivity index (χ4n) is 6.10. The van der Waals surface area contributed by atoms with Gasteiger partial charge in [0.25, 0.3) is 0 Å². The van der Waals surface area contributed by atoms with Crippen molar-refractivity contribution in [3.05, 3.63) is 109 Å². The molecule has 0 aromatic carbocycles. The van der Waals surface area contributed by atoms with E-state index < -0.39 is 49.5 Å². The summed E-state index contributed by atoms with van der Waals surface area (Å²) >= 11 is 0. The van der Waals surface area contributed by atoms with Gasteiger partial charge in [0.05, 0.1) is 25.4 Å². The minimum atomic E-state index is -1.57. The molecular formula is C49H79NO8. The monoisotopic (exact) mass is 810 g/mol. The smallest absolute Gasteiger partial charge is 0.220 e. The average molecular weight is 810 g/mol. The highest BCUT2D eigenvalue weighted by molar-refractivity contribution is 5.76. The highest BCUT2D eigenvalue weighted by atomic mass is 16.7. The van der Waals surface area contributed by atoms with Gasteiger partial charge in [-0.2, -0.15) is 0 Å². The van der Waals surface area contributed by atoms with E-state index in [2.05, 4.69) is 129 Å². The van der Waals surface area contributed by atoms with E-state index in [1.807, 2.05) is 0 Å². The standard InChI is InChI=1S/C49H79NO8/c1-3-5-7-9-11-12-13-14-15-16-17-18-19-20-21-22-23-24-25-26-27-28-29-30-31-32-33-35-37-39-45(53)50-42(43(52)38-36-34-10-8-6-4-2)41-57-49-48(56)47(55)46(54)44(40-51)58-49/h5,7,11-12,14-15,17-18,20-21,23-24,26-27,29-30,32-33,42-44,46-49,51-52,54-56H,3-4,6,8-10,13,16,19,22,25,28,31,34-41H2,1-2H3,(H,50,53)/b7-5-,12-11-,15-14-,18-17-,21-20-,24-23-,27-26-,30-29-,33-32-. The summed E-state index contributed by atoms with van der Waals surface area (Å²) in [7, 11) is 0. The maximum absolute atomic E-state index is 12.8. The number of amides is 1. The van der Waals surface area contributed by atoms with Crippen LogP contribution >= 0.6 is 0 Å². The summed E-state index contributed by atoms with van der Waals surface area (Å²) in [5.74, 6) is -0.214. The van der Waals surface area contributed by atoms with Gasteiger partial charge in [-0.1, -0.05) is 162 Å². The van der Waals surface area contributed by atoms with E-state index in [1.165, 1.54) is 6.42 Å². The van der Waals surface area contributed by atoms with Crippen molar-refractivity contribution in [3.63, 3.8) is 0 Å². The fourth-order valence-corrected chi connectivity index (χ4v) is 6.10. The zero-order valence-corrected chi connectivity index (χ0v) is 35.7. The number of aliphatic hydroxyl groups excluding tert-OH is 5. The van der Waals surface area contributed by atoms with Crippen molar-refractivity contribution in [2.24, 2.45) is 0 Å². The molecule has 328 valence electrons. The first kappa shape index (κ1) is 52.9. The van der Waals surface area contributed by atoms with Crippen molar-refractivity contribution in [1.29, 1.82) is 0 Å². The quantitative estimate of drug-likeness (QED) is 0.0279. The SMILES string of the molecule is CC/C=C\C/C=C\C/C=C\C/C=C\C/C=C\C/C=C\C/C=C\C/C=C\C/C=C\CCCC(=O)NC(COC1OC(CO)C(O)C(O)C1O)C(O)CCCCCCCC. The molecule has 1 saturated heterocycles. The Labute approximate surface area is 351 Å². The number of hydrogen-bond acceptors (Lipinski definition) is 8. The molecule has 58 heavy (non-hydrogen) atoms. The van der Waals surface area contributed by atoms with E-state index in [4.69, 9.17) is 9.47 Å². The number of unbranched alkanes of at least 4 members (excludes halogenated alkanes) is 6. The third-order valence-electron chi connectivity index (χ3n) is 9.64. The number of ether oxygens (including phenoxy) is 2. The number of aliphatic hydroxyl groups is 5. The zero-order valence-electron chi connectivity index (χ0n) is 35.7. The Balaban J connectivity index is 2.27. The molecule has 7 unspecified atom stereocenters. The van der Waals surface area contributed by atoms with Gasteiger partial charge in [0.15, 0.2) is 6.29 Å². The van der Waals surface area contributed by atoms with Gasteiger partial charge < -0.3 is 40.3 Å². The van der Waals surface area contributed by atoms with Crippen LogP contribution < -0.4 is 5.32 Å². The summed E-state index contributed by atoms with van der Waals surface area (Å²) in [6, 6.07) is -0.754. The van der Waals surface area contributed by atoms with Crippen molar-refractivity contribution in [2.45, 2.75) is 179 Å². The third kappa shape index (κ3) is 28.3. The van der Waals surface area contributed by atoms with Crippen molar-refractivity contribution in [2.75, 3.05) is 13.2 Å². The van der Waals surface area contributed by atoms with Crippen LogP contribution in [0.2, 0.25) is 0 Å². The highest BCUT2D eigenvalue weighted by Gasteiger charge is 2.44. The number of allylic oxidation sites excluding steroid dienone is 18. The minimum absolute atomic E-state index is 0.171. The zero-order chi connectivity index (χ0) is 42.3. The van der Waals surface area contributed by atoms with Gasteiger partial charge in [0.2, 0.25) is 5.91 Å². The van der Waals surface area contributed by atoms with Crippen molar-refractivity contribution < 1.29 is 39.8 Å².